The van der Waals surface area contributed by atoms with Crippen LogP contribution < -0.4 is 5.32 Å². The van der Waals surface area contributed by atoms with Crippen LogP contribution in [0.15, 0.2) is 35.2 Å². The van der Waals surface area contributed by atoms with Gasteiger partial charge in [0, 0.05) is 37.3 Å². The van der Waals surface area contributed by atoms with Gasteiger partial charge in [0.25, 0.3) is 11.1 Å². The third-order valence-electron chi connectivity index (χ3n) is 4.38. The number of aromatic nitrogens is 2. The highest BCUT2D eigenvalue weighted by Crippen LogP contribution is 2.32. The Morgan fingerprint density at radius 2 is 2.00 bits per heavy atom. The van der Waals surface area contributed by atoms with Crippen LogP contribution in [0.5, 0.6) is 0 Å². The lowest BCUT2D eigenvalue weighted by atomic mass is 10.2. The second-order valence-electron chi connectivity index (χ2n) is 6.61. The van der Waals surface area contributed by atoms with Crippen molar-refractivity contribution in [2.24, 2.45) is 0 Å². The highest BCUT2D eigenvalue weighted by molar-refractivity contribution is 8.18. The summed E-state index contributed by atoms with van der Waals surface area (Å²) in [7, 11) is 0. The minimum atomic E-state index is -0.486. The van der Waals surface area contributed by atoms with Crippen molar-refractivity contribution >= 4 is 34.9 Å². The van der Waals surface area contributed by atoms with Gasteiger partial charge in [-0.05, 0) is 43.8 Å². The fraction of sp³-hybridized carbons (Fsp3) is 0.300. The number of nitrogens with one attached hydrogen (secondary N) is 1. The summed E-state index contributed by atoms with van der Waals surface area (Å²) in [5.41, 5.74) is 2.12. The molecule has 0 bridgehead atoms. The molecule has 2 heterocycles. The van der Waals surface area contributed by atoms with Gasteiger partial charge in [0.05, 0.1) is 10.6 Å². The second-order valence-corrected chi connectivity index (χ2v) is 7.60. The van der Waals surface area contributed by atoms with Crippen LogP contribution in [0.2, 0.25) is 0 Å². The highest BCUT2D eigenvalue weighted by Gasteiger charge is 2.34. The van der Waals surface area contributed by atoms with Crippen LogP contribution >= 0.6 is 11.8 Å². The Bertz CT molecular complexity index is 986. The van der Waals surface area contributed by atoms with E-state index in [0.29, 0.717) is 6.54 Å². The summed E-state index contributed by atoms with van der Waals surface area (Å²) in [5.74, 6) is -1.14. The maximum Gasteiger partial charge on any atom is 0.293 e. The predicted octanol–water partition coefficient (Wildman–Crippen LogP) is 2.88. The molecule has 3 amide bonds. The summed E-state index contributed by atoms with van der Waals surface area (Å²) in [5, 5.41) is 6.57. The normalized spacial score (nSPS) is 15.4. The van der Waals surface area contributed by atoms with Gasteiger partial charge in [-0.25, -0.2) is 4.39 Å². The van der Waals surface area contributed by atoms with E-state index in [0.717, 1.165) is 28.0 Å². The molecule has 0 unspecified atom stereocenters. The zero-order chi connectivity index (χ0) is 21.0. The molecule has 29 heavy (non-hydrogen) atoms. The lowest BCUT2D eigenvalue weighted by molar-refractivity contribution is -0.124. The van der Waals surface area contributed by atoms with Gasteiger partial charge in [-0.1, -0.05) is 18.2 Å². The van der Waals surface area contributed by atoms with Gasteiger partial charge in [-0.3, -0.25) is 24.0 Å². The number of carbonyl (C=O) groups excluding carboxylic acids is 3. The topological polar surface area (TPSA) is 84.3 Å². The lowest BCUT2D eigenvalue weighted by Gasteiger charge is -2.13. The van der Waals surface area contributed by atoms with Crippen molar-refractivity contribution in [3.8, 4) is 0 Å². The first-order chi connectivity index (χ1) is 13.8. The average molecular weight is 416 g/mol. The van der Waals surface area contributed by atoms with Crippen molar-refractivity contribution in [3.63, 3.8) is 0 Å². The molecule has 0 spiro atoms. The molecule has 0 aliphatic carbocycles. The quantitative estimate of drug-likeness (QED) is 0.702. The first-order valence-corrected chi connectivity index (χ1v) is 9.94. The van der Waals surface area contributed by atoms with Crippen molar-refractivity contribution < 1.29 is 18.8 Å². The first kappa shape index (κ1) is 20.8. The van der Waals surface area contributed by atoms with E-state index in [1.165, 1.54) is 18.2 Å². The van der Waals surface area contributed by atoms with Crippen molar-refractivity contribution in [2.45, 2.75) is 26.8 Å². The highest BCUT2D eigenvalue weighted by atomic mass is 32.2. The van der Waals surface area contributed by atoms with Gasteiger partial charge in [0.1, 0.15) is 5.82 Å². The van der Waals surface area contributed by atoms with Crippen LogP contribution in [0.4, 0.5) is 9.18 Å². The molecule has 1 aromatic heterocycles. The van der Waals surface area contributed by atoms with Crippen LogP contribution in [-0.4, -0.2) is 44.8 Å². The minimum absolute atomic E-state index is 0.0604. The van der Waals surface area contributed by atoms with Gasteiger partial charge in [-0.2, -0.15) is 5.10 Å². The lowest BCUT2D eigenvalue weighted by Crippen LogP contribution is -2.37. The van der Waals surface area contributed by atoms with E-state index in [4.69, 9.17) is 0 Å². The van der Waals surface area contributed by atoms with Gasteiger partial charge in [0.2, 0.25) is 5.91 Å². The van der Waals surface area contributed by atoms with Crippen LogP contribution in [0.3, 0.4) is 0 Å². The monoisotopic (exact) mass is 416 g/mol. The van der Waals surface area contributed by atoms with E-state index in [2.05, 4.69) is 10.4 Å². The van der Waals surface area contributed by atoms with Crippen LogP contribution in [0.25, 0.3) is 6.08 Å². The number of hydrogen-bond donors (Lipinski definition) is 1. The maximum atomic E-state index is 13.8. The number of carbonyl (C=O) groups is 3. The smallest absolute Gasteiger partial charge is 0.293 e. The number of halogens is 1. The van der Waals surface area contributed by atoms with Gasteiger partial charge >= 0.3 is 0 Å². The number of amides is 3. The number of imide groups is 1. The Balaban J connectivity index is 1.50. The zero-order valence-corrected chi connectivity index (χ0v) is 17.0. The van der Waals surface area contributed by atoms with Crippen molar-refractivity contribution in [3.05, 3.63) is 58.0 Å². The molecular formula is C20H21FN4O3S. The SMILES string of the molecule is Cc1cc(C)n(CCC(=O)NCCN2C(=O)S/C(=C\c3ccccc3F)C2=O)n1. The van der Waals surface area contributed by atoms with E-state index in [-0.39, 0.29) is 35.9 Å². The molecule has 0 radical (unpaired) electrons. The van der Waals surface area contributed by atoms with Gasteiger partial charge in [0.15, 0.2) is 0 Å². The van der Waals surface area contributed by atoms with Crippen molar-refractivity contribution in [1.29, 1.82) is 0 Å². The Hall–Kier alpha value is -2.94. The molecular weight excluding hydrogens is 395 g/mol. The Kier molecular flexibility index (Phi) is 6.48. The van der Waals surface area contributed by atoms with E-state index in [1.54, 1.807) is 16.8 Å². The number of thioether (sulfide) groups is 1. The zero-order valence-electron chi connectivity index (χ0n) is 16.1. The number of aryl methyl sites for hydroxylation is 3. The molecule has 152 valence electrons. The second kappa shape index (κ2) is 9.04. The molecule has 9 heteroatoms. The van der Waals surface area contributed by atoms with E-state index in [1.807, 2.05) is 19.9 Å². The first-order valence-electron chi connectivity index (χ1n) is 9.13. The molecule has 1 aliphatic heterocycles. The minimum Gasteiger partial charge on any atom is -0.354 e. The molecule has 1 saturated heterocycles. The van der Waals surface area contributed by atoms with Crippen LogP contribution in [0.1, 0.15) is 23.4 Å². The summed E-state index contributed by atoms with van der Waals surface area (Å²) in [4.78, 5) is 37.8. The Labute approximate surface area is 171 Å². The van der Waals surface area contributed by atoms with E-state index in [9.17, 15) is 18.8 Å². The van der Waals surface area contributed by atoms with E-state index >= 15 is 0 Å². The fourth-order valence-corrected chi connectivity index (χ4v) is 3.79. The summed E-state index contributed by atoms with van der Waals surface area (Å²) >= 11 is 0.763. The molecule has 1 aromatic carbocycles. The third kappa shape index (κ3) is 5.11. The molecule has 0 atom stereocenters. The fourth-order valence-electron chi connectivity index (χ4n) is 2.93. The largest absolute Gasteiger partial charge is 0.354 e. The molecule has 3 rings (SSSR count). The third-order valence-corrected chi connectivity index (χ3v) is 5.28. The van der Waals surface area contributed by atoms with Gasteiger partial charge in [-0.15, -0.1) is 0 Å². The average Bonchev–Trinajstić information content (AvgIpc) is 3.14. The van der Waals surface area contributed by atoms with Gasteiger partial charge < -0.3 is 5.32 Å². The number of rotatable bonds is 7. The summed E-state index contributed by atoms with van der Waals surface area (Å²) in [6, 6.07) is 7.97. The maximum absolute atomic E-state index is 13.8. The Morgan fingerprint density at radius 3 is 2.69 bits per heavy atom. The van der Waals surface area contributed by atoms with Crippen LogP contribution in [0, 0.1) is 19.7 Å². The molecule has 2 aromatic rings. The Morgan fingerprint density at radius 1 is 1.24 bits per heavy atom. The summed E-state index contributed by atoms with van der Waals surface area (Å²) in [6.45, 7) is 4.48. The summed E-state index contributed by atoms with van der Waals surface area (Å²) < 4.78 is 15.5. The van der Waals surface area contributed by atoms with Crippen molar-refractivity contribution in [1.82, 2.24) is 20.0 Å². The number of hydrogen-bond acceptors (Lipinski definition) is 5. The molecule has 1 fully saturated rings. The molecule has 1 aliphatic rings. The van der Waals surface area contributed by atoms with Crippen LogP contribution in [-0.2, 0) is 16.1 Å². The molecule has 1 N–H and O–H groups in total. The number of benzene rings is 1. The number of nitrogens with zero attached hydrogens (tertiary/aromatic N) is 3. The van der Waals surface area contributed by atoms with E-state index < -0.39 is 17.0 Å². The molecule has 7 nitrogen and oxygen atoms in total. The standard InChI is InChI=1S/C20H21FN4O3S/c1-13-11-14(2)25(23-13)9-7-18(26)22-8-10-24-19(27)17(29-20(24)28)12-15-5-3-4-6-16(15)21/h3-6,11-12H,7-10H2,1-2H3,(H,22,26)/b17-12-. The van der Waals surface area contributed by atoms with Crippen molar-refractivity contribution in [2.75, 3.05) is 13.1 Å². The summed E-state index contributed by atoms with van der Waals surface area (Å²) in [6.07, 6.45) is 1.62. The molecule has 0 saturated carbocycles. The predicted molar refractivity (Wildman–Crippen MR) is 108 cm³/mol.